The standard InChI is InChI=1S/C28H34N2O3/c1-17-11-13-30(16-24-22-10-12-29-27(22)18(2)15-26(24)33-3)25(14-17)21-8-9-23(28(31)32)20-7-5-4-6-19(20)21/h8-10,12,15,17,25,29H,4-7,11,13-14,16H2,1-3H3,(H,31,32)/t17-,25+/m1/s1. The predicted molar refractivity (Wildman–Crippen MR) is 131 cm³/mol. The lowest BCUT2D eigenvalue weighted by atomic mass is 9.79. The molecule has 3 aromatic rings. The molecular formula is C28H34N2O3. The Morgan fingerprint density at radius 1 is 1.21 bits per heavy atom. The van der Waals surface area contributed by atoms with Crippen molar-refractivity contribution in [2.75, 3.05) is 13.7 Å². The number of nitrogens with one attached hydrogen (secondary N) is 1. The first-order chi connectivity index (χ1) is 16.0. The lowest BCUT2D eigenvalue weighted by Gasteiger charge is -2.41. The summed E-state index contributed by atoms with van der Waals surface area (Å²) in [5, 5.41) is 11.0. The number of hydrogen-bond donors (Lipinski definition) is 2. The molecule has 5 rings (SSSR count). The zero-order chi connectivity index (χ0) is 23.1. The van der Waals surface area contributed by atoms with E-state index in [0.717, 1.165) is 56.5 Å². The molecular weight excluding hydrogens is 412 g/mol. The Hall–Kier alpha value is -2.79. The largest absolute Gasteiger partial charge is 0.496 e. The number of H-pyrrole nitrogens is 1. The van der Waals surface area contributed by atoms with Crippen molar-refractivity contribution in [1.29, 1.82) is 0 Å². The molecule has 2 aliphatic rings. The third kappa shape index (κ3) is 3.93. The highest BCUT2D eigenvalue weighted by atomic mass is 16.5. The molecule has 2 N–H and O–H groups in total. The highest BCUT2D eigenvalue weighted by Gasteiger charge is 2.32. The van der Waals surface area contributed by atoms with Crippen LogP contribution in [0.25, 0.3) is 10.9 Å². The number of aromatic carboxylic acids is 1. The topological polar surface area (TPSA) is 65.6 Å². The number of aromatic amines is 1. The van der Waals surface area contributed by atoms with E-state index in [1.165, 1.54) is 39.6 Å². The second kappa shape index (κ2) is 8.86. The van der Waals surface area contributed by atoms with Crippen LogP contribution < -0.4 is 4.74 Å². The molecule has 0 bridgehead atoms. The SMILES string of the molecule is COc1cc(C)c2[nH]ccc2c1CN1CC[C@@H](C)C[C@H]1c1ccc(C(=O)O)c2c1CCCC2. The molecule has 0 radical (unpaired) electrons. The molecule has 174 valence electrons. The first kappa shape index (κ1) is 22.0. The summed E-state index contributed by atoms with van der Waals surface area (Å²) < 4.78 is 5.83. The lowest BCUT2D eigenvalue weighted by Crippen LogP contribution is -2.36. The van der Waals surface area contributed by atoms with Crippen LogP contribution in [0.1, 0.15) is 76.8 Å². The van der Waals surface area contributed by atoms with Gasteiger partial charge in [0.1, 0.15) is 5.75 Å². The summed E-state index contributed by atoms with van der Waals surface area (Å²) >= 11 is 0. The van der Waals surface area contributed by atoms with Crippen molar-refractivity contribution in [3.8, 4) is 5.75 Å². The van der Waals surface area contributed by atoms with Gasteiger partial charge in [-0.1, -0.05) is 13.0 Å². The van der Waals surface area contributed by atoms with Crippen LogP contribution in [-0.2, 0) is 19.4 Å². The van der Waals surface area contributed by atoms with Gasteiger partial charge in [0.15, 0.2) is 0 Å². The Bertz CT molecular complexity index is 1200. The number of carbonyl (C=O) groups is 1. The monoisotopic (exact) mass is 446 g/mol. The fourth-order valence-electron chi connectivity index (χ4n) is 6.10. The van der Waals surface area contributed by atoms with E-state index >= 15 is 0 Å². The van der Waals surface area contributed by atoms with E-state index in [0.29, 0.717) is 17.5 Å². The number of carboxylic acids is 1. The quantitative estimate of drug-likeness (QED) is 0.502. The maximum absolute atomic E-state index is 11.9. The number of fused-ring (bicyclic) bond motifs is 2. The van der Waals surface area contributed by atoms with E-state index in [9.17, 15) is 9.90 Å². The summed E-state index contributed by atoms with van der Waals surface area (Å²) in [6.45, 7) is 6.32. The predicted octanol–water partition coefficient (Wildman–Crippen LogP) is 6.04. The first-order valence-corrected chi connectivity index (χ1v) is 12.2. The smallest absolute Gasteiger partial charge is 0.335 e. The van der Waals surface area contributed by atoms with Gasteiger partial charge in [-0.25, -0.2) is 4.79 Å². The normalized spacial score (nSPS) is 21.2. The highest BCUT2D eigenvalue weighted by Crippen LogP contribution is 2.41. The summed E-state index contributed by atoms with van der Waals surface area (Å²) in [6.07, 6.45) is 8.37. The van der Waals surface area contributed by atoms with Gasteiger partial charge in [0.2, 0.25) is 0 Å². The van der Waals surface area contributed by atoms with Crippen molar-refractivity contribution in [3.63, 3.8) is 0 Å². The average molecular weight is 447 g/mol. The van der Waals surface area contributed by atoms with E-state index < -0.39 is 5.97 Å². The van der Waals surface area contributed by atoms with Gasteiger partial charge in [0, 0.05) is 35.2 Å². The van der Waals surface area contributed by atoms with Crippen molar-refractivity contribution in [3.05, 3.63) is 63.8 Å². The Morgan fingerprint density at radius 3 is 2.76 bits per heavy atom. The molecule has 0 saturated carbocycles. The van der Waals surface area contributed by atoms with Crippen LogP contribution in [0.4, 0.5) is 0 Å². The number of methoxy groups -OCH3 is 1. The van der Waals surface area contributed by atoms with Crippen molar-refractivity contribution in [2.24, 2.45) is 5.92 Å². The van der Waals surface area contributed by atoms with Gasteiger partial charge >= 0.3 is 5.97 Å². The molecule has 5 heteroatoms. The van der Waals surface area contributed by atoms with E-state index in [4.69, 9.17) is 4.74 Å². The van der Waals surface area contributed by atoms with E-state index in [2.05, 4.69) is 41.9 Å². The van der Waals surface area contributed by atoms with Gasteiger partial charge in [-0.15, -0.1) is 0 Å². The minimum absolute atomic E-state index is 0.295. The third-order valence-corrected chi connectivity index (χ3v) is 7.83. The average Bonchev–Trinajstić information content (AvgIpc) is 3.31. The van der Waals surface area contributed by atoms with Crippen LogP contribution in [-0.4, -0.2) is 34.6 Å². The summed E-state index contributed by atoms with van der Waals surface area (Å²) in [7, 11) is 1.76. The molecule has 5 nitrogen and oxygen atoms in total. The summed E-state index contributed by atoms with van der Waals surface area (Å²) in [6, 6.07) is 8.56. The maximum Gasteiger partial charge on any atom is 0.335 e. The Morgan fingerprint density at radius 2 is 2.00 bits per heavy atom. The molecule has 33 heavy (non-hydrogen) atoms. The molecule has 2 atom stereocenters. The number of ether oxygens (including phenoxy) is 1. The number of carboxylic acid groups (broad SMARTS) is 1. The van der Waals surface area contributed by atoms with Gasteiger partial charge in [-0.05, 0) is 98.4 Å². The fraction of sp³-hybridized carbons (Fsp3) is 0.464. The fourth-order valence-corrected chi connectivity index (χ4v) is 6.10. The third-order valence-electron chi connectivity index (χ3n) is 7.83. The first-order valence-electron chi connectivity index (χ1n) is 12.2. The van der Waals surface area contributed by atoms with E-state index in [1.54, 1.807) is 7.11 Å². The second-order valence-electron chi connectivity index (χ2n) is 9.93. The number of piperidine rings is 1. The van der Waals surface area contributed by atoms with Crippen LogP contribution in [0.5, 0.6) is 5.75 Å². The Labute approximate surface area is 195 Å². The molecule has 2 heterocycles. The number of rotatable bonds is 5. The Kier molecular flexibility index (Phi) is 5.92. The number of nitrogens with zero attached hydrogens (tertiary/aromatic N) is 1. The summed E-state index contributed by atoms with van der Waals surface area (Å²) in [4.78, 5) is 17.9. The van der Waals surface area contributed by atoms with Gasteiger partial charge in [0.25, 0.3) is 0 Å². The van der Waals surface area contributed by atoms with Gasteiger partial charge < -0.3 is 14.8 Å². The van der Waals surface area contributed by atoms with E-state index in [-0.39, 0.29) is 0 Å². The zero-order valence-electron chi connectivity index (χ0n) is 19.9. The molecule has 0 unspecified atom stereocenters. The minimum atomic E-state index is -0.798. The van der Waals surface area contributed by atoms with Gasteiger partial charge in [0.05, 0.1) is 12.7 Å². The zero-order valence-corrected chi connectivity index (χ0v) is 19.9. The minimum Gasteiger partial charge on any atom is -0.496 e. The Balaban J connectivity index is 1.57. The number of benzene rings is 2. The number of hydrogen-bond acceptors (Lipinski definition) is 3. The van der Waals surface area contributed by atoms with Gasteiger partial charge in [-0.3, -0.25) is 4.90 Å². The molecule has 1 aromatic heterocycles. The molecule has 2 aromatic carbocycles. The van der Waals surface area contributed by atoms with Crippen LogP contribution in [0.2, 0.25) is 0 Å². The highest BCUT2D eigenvalue weighted by molar-refractivity contribution is 5.90. The molecule has 0 amide bonds. The second-order valence-corrected chi connectivity index (χ2v) is 9.93. The molecule has 1 fully saturated rings. The maximum atomic E-state index is 11.9. The molecule has 1 aliphatic carbocycles. The van der Waals surface area contributed by atoms with E-state index in [1.807, 2.05) is 12.3 Å². The van der Waals surface area contributed by atoms with Crippen LogP contribution in [0.3, 0.4) is 0 Å². The molecule has 0 spiro atoms. The van der Waals surface area contributed by atoms with Crippen LogP contribution in [0.15, 0.2) is 30.5 Å². The number of aryl methyl sites for hydroxylation is 1. The van der Waals surface area contributed by atoms with Crippen molar-refractivity contribution < 1.29 is 14.6 Å². The van der Waals surface area contributed by atoms with Gasteiger partial charge in [-0.2, -0.15) is 0 Å². The van der Waals surface area contributed by atoms with Crippen molar-refractivity contribution in [2.45, 2.75) is 65.0 Å². The number of aromatic nitrogens is 1. The van der Waals surface area contributed by atoms with Crippen molar-refractivity contribution in [1.82, 2.24) is 9.88 Å². The summed E-state index contributed by atoms with van der Waals surface area (Å²) in [5.41, 5.74) is 7.82. The summed E-state index contributed by atoms with van der Waals surface area (Å²) in [5.74, 6) is 0.796. The lowest BCUT2D eigenvalue weighted by molar-refractivity contribution is 0.0695. The van der Waals surface area contributed by atoms with Crippen molar-refractivity contribution >= 4 is 16.9 Å². The molecule has 1 saturated heterocycles. The number of likely N-dealkylation sites (tertiary alicyclic amines) is 1. The molecule has 1 aliphatic heterocycles. The van der Waals surface area contributed by atoms with Crippen LogP contribution in [0, 0.1) is 12.8 Å². The van der Waals surface area contributed by atoms with Crippen LogP contribution >= 0.6 is 0 Å².